The fourth-order valence-electron chi connectivity index (χ4n) is 2.32. The van der Waals surface area contributed by atoms with Crippen LogP contribution < -0.4 is 5.73 Å². The number of nitrogens with two attached hydrogens (primary N) is 1. The summed E-state index contributed by atoms with van der Waals surface area (Å²) in [6, 6.07) is 8.60. The number of methoxy groups -OCH3 is 1. The second-order valence-electron chi connectivity index (χ2n) is 5.43. The molecule has 0 aliphatic carbocycles. The van der Waals surface area contributed by atoms with E-state index in [2.05, 4.69) is 43.0 Å². The monoisotopic (exact) mass is 264 g/mol. The van der Waals surface area contributed by atoms with Gasteiger partial charge in [0.15, 0.2) is 0 Å². The zero-order valence-corrected chi connectivity index (χ0v) is 12.6. The number of hydrogen-bond acceptors (Lipinski definition) is 3. The molecule has 2 N–H and O–H groups in total. The van der Waals surface area contributed by atoms with Crippen LogP contribution in [0.3, 0.4) is 0 Å². The smallest absolute Gasteiger partial charge is 0.0589 e. The Morgan fingerprint density at radius 1 is 1.21 bits per heavy atom. The van der Waals surface area contributed by atoms with Crippen LogP contribution in [0.1, 0.15) is 25.0 Å². The minimum atomic E-state index is 0.665. The molecule has 0 aliphatic rings. The highest BCUT2D eigenvalue weighted by atomic mass is 16.5. The quantitative estimate of drug-likeness (QED) is 0.744. The molecule has 1 rings (SSSR count). The van der Waals surface area contributed by atoms with Gasteiger partial charge in [-0.05, 0) is 30.0 Å². The Hall–Kier alpha value is -0.900. The Labute approximate surface area is 117 Å². The normalized spacial score (nSPS) is 11.5. The van der Waals surface area contributed by atoms with E-state index in [0.717, 1.165) is 32.7 Å². The first-order chi connectivity index (χ1) is 9.17. The van der Waals surface area contributed by atoms with Gasteiger partial charge in [0.1, 0.15) is 0 Å². The maximum atomic E-state index is 5.69. The van der Waals surface area contributed by atoms with Crippen molar-refractivity contribution in [1.29, 1.82) is 0 Å². The molecule has 0 heterocycles. The summed E-state index contributed by atoms with van der Waals surface area (Å²) in [5.74, 6) is 0.665. The van der Waals surface area contributed by atoms with Gasteiger partial charge in [0, 0.05) is 26.7 Å². The third-order valence-electron chi connectivity index (χ3n) is 3.16. The van der Waals surface area contributed by atoms with Crippen LogP contribution in [0, 0.1) is 5.92 Å². The molecule has 19 heavy (non-hydrogen) atoms. The molecular weight excluding hydrogens is 236 g/mol. The van der Waals surface area contributed by atoms with E-state index in [1.807, 2.05) is 0 Å². The highest BCUT2D eigenvalue weighted by molar-refractivity contribution is 5.27. The molecule has 108 valence electrons. The van der Waals surface area contributed by atoms with E-state index in [0.29, 0.717) is 12.5 Å². The molecule has 0 aliphatic heterocycles. The molecule has 0 aromatic heterocycles. The van der Waals surface area contributed by atoms with Gasteiger partial charge < -0.3 is 10.5 Å². The first kappa shape index (κ1) is 16.2. The SMILES string of the molecule is COCCN(Cc1ccccc1CCN)CC(C)C. The lowest BCUT2D eigenvalue weighted by Crippen LogP contribution is -2.31. The Kier molecular flexibility index (Phi) is 7.72. The van der Waals surface area contributed by atoms with E-state index in [1.54, 1.807) is 7.11 Å². The van der Waals surface area contributed by atoms with Crippen LogP contribution in [0.5, 0.6) is 0 Å². The molecule has 0 saturated carbocycles. The average Bonchev–Trinajstić information content (AvgIpc) is 2.38. The van der Waals surface area contributed by atoms with Crippen LogP contribution in [0.4, 0.5) is 0 Å². The maximum Gasteiger partial charge on any atom is 0.0589 e. The fraction of sp³-hybridized carbons (Fsp3) is 0.625. The summed E-state index contributed by atoms with van der Waals surface area (Å²) in [5, 5.41) is 0. The number of hydrogen-bond donors (Lipinski definition) is 1. The second kappa shape index (κ2) is 9.08. The molecular formula is C16H28N2O. The Balaban J connectivity index is 2.70. The number of nitrogens with zero attached hydrogens (tertiary/aromatic N) is 1. The molecule has 3 heteroatoms. The van der Waals surface area contributed by atoms with Gasteiger partial charge in [-0.1, -0.05) is 38.1 Å². The molecule has 0 fully saturated rings. The topological polar surface area (TPSA) is 38.5 Å². The summed E-state index contributed by atoms with van der Waals surface area (Å²) in [6.45, 7) is 9.06. The van der Waals surface area contributed by atoms with Crippen LogP contribution in [0.25, 0.3) is 0 Å². The number of benzene rings is 1. The van der Waals surface area contributed by atoms with Crippen LogP contribution in [-0.2, 0) is 17.7 Å². The predicted molar refractivity (Wildman–Crippen MR) is 81.2 cm³/mol. The zero-order chi connectivity index (χ0) is 14.1. The fourth-order valence-corrected chi connectivity index (χ4v) is 2.32. The molecule has 0 spiro atoms. The lowest BCUT2D eigenvalue weighted by atomic mass is 10.0. The first-order valence-corrected chi connectivity index (χ1v) is 7.15. The molecule has 0 amide bonds. The van der Waals surface area contributed by atoms with E-state index in [-0.39, 0.29) is 0 Å². The highest BCUT2D eigenvalue weighted by Gasteiger charge is 2.10. The van der Waals surface area contributed by atoms with Crippen molar-refractivity contribution >= 4 is 0 Å². The van der Waals surface area contributed by atoms with Crippen LogP contribution >= 0.6 is 0 Å². The van der Waals surface area contributed by atoms with Gasteiger partial charge in [-0.3, -0.25) is 4.90 Å². The summed E-state index contributed by atoms with van der Waals surface area (Å²) < 4.78 is 5.21. The van der Waals surface area contributed by atoms with E-state index < -0.39 is 0 Å². The summed E-state index contributed by atoms with van der Waals surface area (Å²) in [5.41, 5.74) is 8.45. The van der Waals surface area contributed by atoms with Gasteiger partial charge >= 0.3 is 0 Å². The maximum absolute atomic E-state index is 5.69. The summed E-state index contributed by atoms with van der Waals surface area (Å²) in [7, 11) is 1.76. The van der Waals surface area contributed by atoms with Crippen LogP contribution in [0.15, 0.2) is 24.3 Å². The van der Waals surface area contributed by atoms with Gasteiger partial charge in [0.25, 0.3) is 0 Å². The summed E-state index contributed by atoms with van der Waals surface area (Å²) in [6.07, 6.45) is 0.954. The molecule has 0 radical (unpaired) electrons. The average molecular weight is 264 g/mol. The number of ether oxygens (including phenoxy) is 1. The molecule has 0 atom stereocenters. The molecule has 1 aromatic rings. The second-order valence-corrected chi connectivity index (χ2v) is 5.43. The number of rotatable bonds is 9. The van der Waals surface area contributed by atoms with Crippen molar-refractivity contribution in [2.45, 2.75) is 26.8 Å². The highest BCUT2D eigenvalue weighted by Crippen LogP contribution is 2.13. The molecule has 0 bridgehead atoms. The van der Waals surface area contributed by atoms with E-state index in [9.17, 15) is 0 Å². The molecule has 0 unspecified atom stereocenters. The van der Waals surface area contributed by atoms with E-state index in [1.165, 1.54) is 11.1 Å². The molecule has 0 saturated heterocycles. The van der Waals surface area contributed by atoms with Crippen molar-refractivity contribution in [2.75, 3.05) is 33.4 Å². The van der Waals surface area contributed by atoms with Crippen molar-refractivity contribution in [3.05, 3.63) is 35.4 Å². The van der Waals surface area contributed by atoms with Gasteiger partial charge in [0.05, 0.1) is 6.61 Å². The molecule has 1 aromatic carbocycles. The van der Waals surface area contributed by atoms with Crippen molar-refractivity contribution in [3.63, 3.8) is 0 Å². The summed E-state index contributed by atoms with van der Waals surface area (Å²) >= 11 is 0. The predicted octanol–water partition coefficient (Wildman–Crippen LogP) is 2.29. The van der Waals surface area contributed by atoms with Crippen LogP contribution in [-0.4, -0.2) is 38.3 Å². The van der Waals surface area contributed by atoms with Crippen molar-refractivity contribution in [2.24, 2.45) is 11.7 Å². The van der Waals surface area contributed by atoms with E-state index in [4.69, 9.17) is 10.5 Å². The van der Waals surface area contributed by atoms with Gasteiger partial charge in [-0.2, -0.15) is 0 Å². The van der Waals surface area contributed by atoms with Crippen molar-refractivity contribution in [3.8, 4) is 0 Å². The lowest BCUT2D eigenvalue weighted by Gasteiger charge is -2.25. The Morgan fingerprint density at radius 3 is 2.47 bits per heavy atom. The minimum Gasteiger partial charge on any atom is -0.383 e. The van der Waals surface area contributed by atoms with Crippen molar-refractivity contribution in [1.82, 2.24) is 4.90 Å². The third kappa shape index (κ3) is 6.19. The Morgan fingerprint density at radius 2 is 1.89 bits per heavy atom. The van der Waals surface area contributed by atoms with Crippen molar-refractivity contribution < 1.29 is 4.74 Å². The largest absolute Gasteiger partial charge is 0.383 e. The van der Waals surface area contributed by atoms with Crippen LogP contribution in [0.2, 0.25) is 0 Å². The molecule has 3 nitrogen and oxygen atoms in total. The Bertz CT molecular complexity index is 352. The zero-order valence-electron chi connectivity index (χ0n) is 12.6. The van der Waals surface area contributed by atoms with Gasteiger partial charge in [-0.15, -0.1) is 0 Å². The lowest BCUT2D eigenvalue weighted by molar-refractivity contribution is 0.136. The minimum absolute atomic E-state index is 0.665. The van der Waals surface area contributed by atoms with Gasteiger partial charge in [0.2, 0.25) is 0 Å². The van der Waals surface area contributed by atoms with E-state index >= 15 is 0 Å². The third-order valence-corrected chi connectivity index (χ3v) is 3.16. The first-order valence-electron chi connectivity index (χ1n) is 7.15. The standard InChI is InChI=1S/C16H28N2O/c1-14(2)12-18(10-11-19-3)13-16-7-5-4-6-15(16)8-9-17/h4-7,14H,8-13,17H2,1-3H3. The summed E-state index contributed by atoms with van der Waals surface area (Å²) in [4.78, 5) is 2.46. The van der Waals surface area contributed by atoms with Gasteiger partial charge in [-0.25, -0.2) is 0 Å².